The summed E-state index contributed by atoms with van der Waals surface area (Å²) in [5.41, 5.74) is 6.37. The number of carbonyl (C=O) groups is 1. The first-order chi connectivity index (χ1) is 8.52. The number of nitrogens with two attached hydrogens (primary N) is 1. The maximum absolute atomic E-state index is 13.1. The molecule has 0 bridgehead atoms. The van der Waals surface area contributed by atoms with E-state index in [4.69, 9.17) is 10.8 Å². The van der Waals surface area contributed by atoms with Gasteiger partial charge in [0.1, 0.15) is 5.82 Å². The van der Waals surface area contributed by atoms with Gasteiger partial charge in [0.15, 0.2) is 0 Å². The standard InChI is InChI=1S/C13H17FN2O2/c1-16-7-8(6-15)4-12(16)10-3-2-9(14)5-11(10)13(17)18/h2-3,5,8,12H,4,6-7,15H2,1H3,(H,17,18). The number of nitrogens with zero attached hydrogens (tertiary/aromatic N) is 1. The van der Waals surface area contributed by atoms with Gasteiger partial charge in [-0.1, -0.05) is 6.07 Å². The number of carboxylic acid groups (broad SMARTS) is 1. The van der Waals surface area contributed by atoms with E-state index in [0.717, 1.165) is 19.0 Å². The van der Waals surface area contributed by atoms with Crippen LogP contribution in [0.15, 0.2) is 18.2 Å². The van der Waals surface area contributed by atoms with Gasteiger partial charge >= 0.3 is 5.97 Å². The Morgan fingerprint density at radius 2 is 2.33 bits per heavy atom. The first kappa shape index (κ1) is 13.0. The molecule has 2 unspecified atom stereocenters. The molecule has 1 aliphatic rings. The third-order valence-corrected chi connectivity index (χ3v) is 3.57. The Kier molecular flexibility index (Phi) is 3.63. The van der Waals surface area contributed by atoms with E-state index in [9.17, 15) is 9.18 Å². The molecule has 0 aromatic heterocycles. The van der Waals surface area contributed by atoms with Gasteiger partial charge in [0.05, 0.1) is 5.56 Å². The topological polar surface area (TPSA) is 66.6 Å². The van der Waals surface area contributed by atoms with Crippen molar-refractivity contribution >= 4 is 5.97 Å². The van der Waals surface area contributed by atoms with Crippen LogP contribution in [0.2, 0.25) is 0 Å². The molecule has 0 saturated carbocycles. The number of rotatable bonds is 3. The lowest BCUT2D eigenvalue weighted by Crippen LogP contribution is -2.21. The lowest BCUT2D eigenvalue weighted by atomic mass is 9.95. The number of likely N-dealkylation sites (tertiary alicyclic amines) is 1. The lowest BCUT2D eigenvalue weighted by Gasteiger charge is -2.21. The molecule has 0 amide bonds. The van der Waals surface area contributed by atoms with Crippen molar-refractivity contribution in [2.24, 2.45) is 11.7 Å². The summed E-state index contributed by atoms with van der Waals surface area (Å²) < 4.78 is 13.1. The number of aromatic carboxylic acids is 1. The maximum Gasteiger partial charge on any atom is 0.336 e. The highest BCUT2D eigenvalue weighted by atomic mass is 19.1. The van der Waals surface area contributed by atoms with Gasteiger partial charge in [-0.15, -0.1) is 0 Å². The van der Waals surface area contributed by atoms with Crippen LogP contribution in [0.1, 0.15) is 28.4 Å². The van der Waals surface area contributed by atoms with E-state index in [2.05, 4.69) is 4.90 Å². The molecule has 1 aromatic carbocycles. The van der Waals surface area contributed by atoms with E-state index >= 15 is 0 Å². The van der Waals surface area contributed by atoms with E-state index in [-0.39, 0.29) is 11.6 Å². The molecular formula is C13H17FN2O2. The fourth-order valence-electron chi connectivity index (χ4n) is 2.64. The van der Waals surface area contributed by atoms with Crippen LogP contribution in [-0.2, 0) is 0 Å². The van der Waals surface area contributed by atoms with Crippen LogP contribution in [0.4, 0.5) is 4.39 Å². The van der Waals surface area contributed by atoms with E-state index in [1.807, 2.05) is 7.05 Å². The molecule has 4 nitrogen and oxygen atoms in total. The Morgan fingerprint density at radius 1 is 1.61 bits per heavy atom. The minimum Gasteiger partial charge on any atom is -0.478 e. The van der Waals surface area contributed by atoms with Crippen LogP contribution in [0, 0.1) is 11.7 Å². The number of hydrogen-bond donors (Lipinski definition) is 2. The molecule has 1 aromatic rings. The average Bonchev–Trinajstić information content (AvgIpc) is 2.70. The van der Waals surface area contributed by atoms with Crippen molar-refractivity contribution < 1.29 is 14.3 Å². The number of hydrogen-bond acceptors (Lipinski definition) is 3. The number of halogens is 1. The summed E-state index contributed by atoms with van der Waals surface area (Å²) >= 11 is 0. The highest BCUT2D eigenvalue weighted by Crippen LogP contribution is 2.35. The monoisotopic (exact) mass is 252 g/mol. The zero-order chi connectivity index (χ0) is 13.3. The normalized spacial score (nSPS) is 24.4. The number of benzene rings is 1. The summed E-state index contributed by atoms with van der Waals surface area (Å²) in [6, 6.07) is 3.97. The summed E-state index contributed by atoms with van der Waals surface area (Å²) in [7, 11) is 1.94. The molecule has 5 heteroatoms. The van der Waals surface area contributed by atoms with Gasteiger partial charge in [-0.2, -0.15) is 0 Å². The zero-order valence-corrected chi connectivity index (χ0v) is 10.3. The predicted molar refractivity (Wildman–Crippen MR) is 65.9 cm³/mol. The highest BCUT2D eigenvalue weighted by Gasteiger charge is 2.32. The third kappa shape index (κ3) is 2.37. The molecule has 1 heterocycles. The fourth-order valence-corrected chi connectivity index (χ4v) is 2.64. The summed E-state index contributed by atoms with van der Waals surface area (Å²) in [5.74, 6) is -1.24. The largest absolute Gasteiger partial charge is 0.478 e. The minimum absolute atomic E-state index is 0.00486. The SMILES string of the molecule is CN1CC(CN)CC1c1ccc(F)cc1C(=O)O. The van der Waals surface area contributed by atoms with Crippen LogP contribution in [0.3, 0.4) is 0 Å². The first-order valence-electron chi connectivity index (χ1n) is 5.96. The van der Waals surface area contributed by atoms with Gasteiger partial charge < -0.3 is 10.8 Å². The molecule has 18 heavy (non-hydrogen) atoms. The quantitative estimate of drug-likeness (QED) is 0.855. The van der Waals surface area contributed by atoms with Crippen LogP contribution in [-0.4, -0.2) is 36.1 Å². The molecule has 1 fully saturated rings. The van der Waals surface area contributed by atoms with Gasteiger partial charge in [0, 0.05) is 12.6 Å². The first-order valence-corrected chi connectivity index (χ1v) is 5.96. The van der Waals surface area contributed by atoms with Crippen molar-refractivity contribution in [3.8, 4) is 0 Å². The summed E-state index contributed by atoms with van der Waals surface area (Å²) in [5, 5.41) is 9.15. The van der Waals surface area contributed by atoms with Gasteiger partial charge in [-0.05, 0) is 43.6 Å². The average molecular weight is 252 g/mol. The molecule has 0 spiro atoms. The molecular weight excluding hydrogens is 235 g/mol. The Balaban J connectivity index is 2.36. The number of carboxylic acids is 1. The third-order valence-electron chi connectivity index (χ3n) is 3.57. The molecule has 2 rings (SSSR count). The van der Waals surface area contributed by atoms with Gasteiger partial charge in [0.25, 0.3) is 0 Å². The smallest absolute Gasteiger partial charge is 0.336 e. The van der Waals surface area contributed by atoms with Crippen molar-refractivity contribution in [1.82, 2.24) is 4.90 Å². The van der Waals surface area contributed by atoms with E-state index in [1.54, 1.807) is 6.07 Å². The molecule has 1 saturated heterocycles. The van der Waals surface area contributed by atoms with Gasteiger partial charge in [-0.25, -0.2) is 9.18 Å². The Morgan fingerprint density at radius 3 is 2.89 bits per heavy atom. The molecule has 2 atom stereocenters. The molecule has 0 radical (unpaired) electrons. The van der Waals surface area contributed by atoms with E-state index in [1.165, 1.54) is 6.07 Å². The fraction of sp³-hybridized carbons (Fsp3) is 0.462. The Bertz CT molecular complexity index is 464. The molecule has 1 aliphatic heterocycles. The van der Waals surface area contributed by atoms with Gasteiger partial charge in [0.2, 0.25) is 0 Å². The second-order valence-electron chi connectivity index (χ2n) is 4.83. The lowest BCUT2D eigenvalue weighted by molar-refractivity contribution is 0.0693. The zero-order valence-electron chi connectivity index (χ0n) is 10.3. The van der Waals surface area contributed by atoms with E-state index in [0.29, 0.717) is 18.0 Å². The summed E-state index contributed by atoms with van der Waals surface area (Å²) in [6.07, 6.45) is 0.818. The van der Waals surface area contributed by atoms with Crippen LogP contribution in [0.25, 0.3) is 0 Å². The second-order valence-corrected chi connectivity index (χ2v) is 4.83. The second kappa shape index (κ2) is 5.04. The van der Waals surface area contributed by atoms with Crippen molar-refractivity contribution in [2.45, 2.75) is 12.5 Å². The van der Waals surface area contributed by atoms with Crippen molar-refractivity contribution in [2.75, 3.05) is 20.1 Å². The molecule has 98 valence electrons. The summed E-state index contributed by atoms with van der Waals surface area (Å²) in [4.78, 5) is 13.3. The Hall–Kier alpha value is -1.46. The van der Waals surface area contributed by atoms with Crippen LogP contribution >= 0.6 is 0 Å². The minimum atomic E-state index is -1.09. The van der Waals surface area contributed by atoms with Crippen molar-refractivity contribution in [3.05, 3.63) is 35.1 Å². The van der Waals surface area contributed by atoms with Crippen LogP contribution in [0.5, 0.6) is 0 Å². The highest BCUT2D eigenvalue weighted by molar-refractivity contribution is 5.89. The van der Waals surface area contributed by atoms with Gasteiger partial charge in [-0.3, -0.25) is 4.90 Å². The summed E-state index contributed by atoms with van der Waals surface area (Å²) in [6.45, 7) is 1.43. The molecule has 0 aliphatic carbocycles. The van der Waals surface area contributed by atoms with E-state index < -0.39 is 11.8 Å². The Labute approximate surface area is 105 Å². The maximum atomic E-state index is 13.1. The van der Waals surface area contributed by atoms with Crippen molar-refractivity contribution in [1.29, 1.82) is 0 Å². The molecule has 3 N–H and O–H groups in total. The predicted octanol–water partition coefficient (Wildman–Crippen LogP) is 1.48. The van der Waals surface area contributed by atoms with Crippen molar-refractivity contribution in [3.63, 3.8) is 0 Å². The van der Waals surface area contributed by atoms with Crippen LogP contribution < -0.4 is 5.73 Å².